The minimum atomic E-state index is -0.537. The van der Waals surface area contributed by atoms with Gasteiger partial charge in [-0.2, -0.15) is 0 Å². The second-order valence-corrected chi connectivity index (χ2v) is 10.6. The van der Waals surface area contributed by atoms with Crippen molar-refractivity contribution in [2.24, 2.45) is 0 Å². The lowest BCUT2D eigenvalue weighted by Crippen LogP contribution is -2.19. The second kappa shape index (κ2) is 34.8. The van der Waals surface area contributed by atoms with Crippen LogP contribution in [-0.4, -0.2) is 88.7 Å². The van der Waals surface area contributed by atoms with Crippen LogP contribution in [0.5, 0.6) is 11.5 Å². The molecule has 320 valence electrons. The van der Waals surface area contributed by atoms with E-state index in [9.17, 15) is 28.8 Å². The van der Waals surface area contributed by atoms with Gasteiger partial charge in [-0.3, -0.25) is 0 Å². The number of carbonyl (C=O) groups excluding carboxylic acids is 6. The Labute approximate surface area is 343 Å². The van der Waals surface area contributed by atoms with E-state index in [1.54, 1.807) is 0 Å². The Hall–Kier alpha value is -6.70. The van der Waals surface area contributed by atoms with Gasteiger partial charge in [-0.1, -0.05) is 99.9 Å². The molecule has 58 heavy (non-hydrogen) atoms. The Morgan fingerprint density at radius 3 is 0.776 bits per heavy atom. The molecule has 0 saturated carbocycles. The molecule has 2 aromatic carbocycles. The topological polar surface area (TPSA) is 176 Å². The van der Waals surface area contributed by atoms with Crippen molar-refractivity contribution in [3.8, 4) is 11.5 Å². The van der Waals surface area contributed by atoms with Crippen LogP contribution in [0.2, 0.25) is 0 Å². The first-order valence-corrected chi connectivity index (χ1v) is 16.5. The van der Waals surface area contributed by atoms with Crippen molar-refractivity contribution < 1.29 is 66.7 Å². The zero-order valence-electron chi connectivity index (χ0n) is 31.2. The van der Waals surface area contributed by atoms with Crippen LogP contribution in [0.4, 0.5) is 0 Å². The number of ether oxygens (including phenoxy) is 8. The number of benzene rings is 2. The summed E-state index contributed by atoms with van der Waals surface area (Å²) in [5.74, 6) is -1.67. The van der Waals surface area contributed by atoms with Crippen LogP contribution in [0.3, 0.4) is 0 Å². The number of rotatable bonds is 22. The van der Waals surface area contributed by atoms with Gasteiger partial charge in [-0.15, -0.1) is 0 Å². The standard InChI is InChI=1S/C25H28O6.2C8H10O4.3CH4/c1-5-23(26)30-17-15-28-21-11-7-19(8-12-21)25(3,4)20-9-13-22(14-10-20)29-16-18-31-24(27)6-2;2*1-3-7(9)11-5-6-12-8(10)4-2;;;/h5-14H,1-2,15-18H2,3-4H3;2*3-4H,1-2,5-6H2;3*1H4. The summed E-state index contributed by atoms with van der Waals surface area (Å²) in [5.41, 5.74) is 2.03. The fourth-order valence-electron chi connectivity index (χ4n) is 3.63. The number of carbonyl (C=O) groups is 6. The van der Waals surface area contributed by atoms with Crippen molar-refractivity contribution in [1.29, 1.82) is 0 Å². The zero-order valence-corrected chi connectivity index (χ0v) is 31.2. The molecule has 0 aromatic heterocycles. The quantitative estimate of drug-likeness (QED) is 0.0513. The Bertz CT molecular complexity index is 1430. The van der Waals surface area contributed by atoms with Crippen molar-refractivity contribution in [2.45, 2.75) is 41.5 Å². The lowest BCUT2D eigenvalue weighted by Gasteiger charge is -2.26. The van der Waals surface area contributed by atoms with E-state index >= 15 is 0 Å². The smallest absolute Gasteiger partial charge is 0.330 e. The summed E-state index contributed by atoms with van der Waals surface area (Å²) in [4.78, 5) is 63.7. The van der Waals surface area contributed by atoms with Crippen molar-refractivity contribution in [3.63, 3.8) is 0 Å². The Kier molecular flexibility index (Phi) is 34.8. The van der Waals surface area contributed by atoms with Crippen LogP contribution in [0.15, 0.2) is 124 Å². The van der Waals surface area contributed by atoms with E-state index in [4.69, 9.17) is 18.9 Å². The van der Waals surface area contributed by atoms with E-state index < -0.39 is 35.8 Å². The zero-order chi connectivity index (χ0) is 41.5. The molecule has 0 heterocycles. The monoisotopic (exact) mass is 812 g/mol. The molecule has 0 aliphatic carbocycles. The minimum Gasteiger partial charge on any atom is -0.490 e. The van der Waals surface area contributed by atoms with E-state index in [0.717, 1.165) is 47.6 Å². The van der Waals surface area contributed by atoms with Gasteiger partial charge < -0.3 is 37.9 Å². The highest BCUT2D eigenvalue weighted by Crippen LogP contribution is 2.33. The second-order valence-electron chi connectivity index (χ2n) is 10.6. The van der Waals surface area contributed by atoms with E-state index in [1.807, 2.05) is 48.5 Å². The summed E-state index contributed by atoms with van der Waals surface area (Å²) in [6, 6.07) is 15.7. The van der Waals surface area contributed by atoms with Gasteiger partial charge in [0.2, 0.25) is 0 Å². The number of esters is 6. The van der Waals surface area contributed by atoms with Crippen LogP contribution in [0, 0.1) is 0 Å². The fourth-order valence-corrected chi connectivity index (χ4v) is 3.63. The number of hydrogen-bond donors (Lipinski definition) is 0. The molecule has 0 unspecified atom stereocenters. The minimum absolute atomic E-state index is 0. The maximum atomic E-state index is 11.0. The molecule has 0 atom stereocenters. The van der Waals surface area contributed by atoms with Crippen molar-refractivity contribution >= 4 is 35.8 Å². The van der Waals surface area contributed by atoms with Crippen molar-refractivity contribution in [2.75, 3.05) is 52.9 Å². The van der Waals surface area contributed by atoms with Gasteiger partial charge in [0, 0.05) is 41.9 Å². The molecule has 14 heteroatoms. The normalized spacial score (nSPS) is 9.14. The molecule has 0 radical (unpaired) electrons. The summed E-state index contributed by atoms with van der Waals surface area (Å²) in [5, 5.41) is 0. The van der Waals surface area contributed by atoms with Crippen LogP contribution in [0.25, 0.3) is 0 Å². The molecule has 0 saturated heterocycles. The Balaban J connectivity index is -0.000000449. The molecule has 0 aliphatic heterocycles. The number of hydrogen-bond acceptors (Lipinski definition) is 14. The maximum absolute atomic E-state index is 11.0. The van der Waals surface area contributed by atoms with Crippen LogP contribution < -0.4 is 9.47 Å². The molecule has 14 nitrogen and oxygen atoms in total. The van der Waals surface area contributed by atoms with E-state index in [0.29, 0.717) is 11.5 Å². The lowest BCUT2D eigenvalue weighted by atomic mass is 9.78. The third-order valence-electron chi connectivity index (χ3n) is 6.49. The molecule has 0 aliphatic rings. The van der Waals surface area contributed by atoms with Gasteiger partial charge in [0.25, 0.3) is 0 Å². The molecular formula is C44H60O14. The molecule has 2 aromatic rings. The third-order valence-corrected chi connectivity index (χ3v) is 6.49. The molecule has 0 N–H and O–H groups in total. The molecule has 0 fully saturated rings. The highest BCUT2D eigenvalue weighted by atomic mass is 16.6. The van der Waals surface area contributed by atoms with Gasteiger partial charge >= 0.3 is 35.8 Å². The summed E-state index contributed by atoms with van der Waals surface area (Å²) in [6.07, 6.45) is 6.39. The molecule has 2 rings (SSSR count). The first-order valence-electron chi connectivity index (χ1n) is 16.5. The van der Waals surface area contributed by atoms with Gasteiger partial charge in [-0.25, -0.2) is 28.8 Å². The maximum Gasteiger partial charge on any atom is 0.330 e. The van der Waals surface area contributed by atoms with E-state index in [-0.39, 0.29) is 80.6 Å². The van der Waals surface area contributed by atoms with E-state index in [1.165, 1.54) is 0 Å². The van der Waals surface area contributed by atoms with Gasteiger partial charge in [0.15, 0.2) is 0 Å². The highest BCUT2D eigenvalue weighted by molar-refractivity contribution is 5.83. The Morgan fingerprint density at radius 2 is 0.586 bits per heavy atom. The van der Waals surface area contributed by atoms with Crippen molar-refractivity contribution in [1.82, 2.24) is 0 Å². The molecular weight excluding hydrogens is 752 g/mol. The summed E-state index contributed by atoms with van der Waals surface area (Å²) in [6.45, 7) is 24.8. The molecule has 0 spiro atoms. The van der Waals surface area contributed by atoms with Crippen LogP contribution >= 0.6 is 0 Å². The van der Waals surface area contributed by atoms with Crippen molar-refractivity contribution in [3.05, 3.63) is 136 Å². The summed E-state index contributed by atoms with van der Waals surface area (Å²) in [7, 11) is 0. The predicted molar refractivity (Wildman–Crippen MR) is 223 cm³/mol. The van der Waals surface area contributed by atoms with Gasteiger partial charge in [0.05, 0.1) is 0 Å². The van der Waals surface area contributed by atoms with Crippen LogP contribution in [0.1, 0.15) is 47.3 Å². The van der Waals surface area contributed by atoms with Crippen LogP contribution in [-0.2, 0) is 62.6 Å². The SMILES string of the molecule is C.C.C.C=CC(=O)OCCOC(=O)C=C.C=CC(=O)OCCOC(=O)C=C.C=CC(=O)OCCOc1ccc(C(C)(C)c2ccc(OCCOC(=O)C=C)cc2)cc1. The average molecular weight is 813 g/mol. The summed E-state index contributed by atoms with van der Waals surface area (Å²) >= 11 is 0. The largest absolute Gasteiger partial charge is 0.490 e. The molecule has 0 amide bonds. The third kappa shape index (κ3) is 27.0. The fraction of sp³-hybridized carbons (Fsp3) is 0.318. The predicted octanol–water partition coefficient (Wildman–Crippen LogP) is 7.03. The molecule has 0 bridgehead atoms. The van der Waals surface area contributed by atoms with Gasteiger partial charge in [-0.05, 0) is 35.4 Å². The average Bonchev–Trinajstić information content (AvgIpc) is 3.21. The highest BCUT2D eigenvalue weighted by Gasteiger charge is 2.23. The van der Waals surface area contributed by atoms with E-state index in [2.05, 4.69) is 72.3 Å². The first kappa shape index (κ1) is 58.0. The summed E-state index contributed by atoms with van der Waals surface area (Å²) < 4.78 is 39.0. The van der Waals surface area contributed by atoms with Gasteiger partial charge in [0.1, 0.15) is 64.4 Å². The first-order chi connectivity index (χ1) is 26.3. The Morgan fingerprint density at radius 1 is 0.397 bits per heavy atom. The lowest BCUT2D eigenvalue weighted by molar-refractivity contribution is -0.146.